The first kappa shape index (κ1) is 8.42. The van der Waals surface area contributed by atoms with E-state index in [1.165, 1.54) is 24.8 Å². The molecule has 0 spiro atoms. The molecule has 2 bridgehead atoms. The first-order valence-electron chi connectivity index (χ1n) is 5.14. The highest BCUT2D eigenvalue weighted by Crippen LogP contribution is 2.73. The van der Waals surface area contributed by atoms with Gasteiger partial charge in [-0.3, -0.25) is 0 Å². The van der Waals surface area contributed by atoms with Crippen molar-refractivity contribution in [3.8, 4) is 0 Å². The number of halogens is 1. The Morgan fingerprint density at radius 3 is 2.21 bits per heavy atom. The summed E-state index contributed by atoms with van der Waals surface area (Å²) < 4.78 is 12.7. The van der Waals surface area contributed by atoms with Crippen LogP contribution in [0.2, 0.25) is 0 Å². The van der Waals surface area contributed by atoms with E-state index in [0.29, 0.717) is 10.8 Å². The standard InChI is InChI=1S/C12H14FN/c13-10-3-1-9(2-4-10)12-5-11(6-12,7-12)8-14/h1-4H,5-8,14H2. The number of hydrogen-bond acceptors (Lipinski definition) is 1. The second-order valence-corrected chi connectivity index (χ2v) is 5.02. The maximum atomic E-state index is 12.7. The molecule has 2 N–H and O–H groups in total. The molecule has 1 nitrogen and oxygen atoms in total. The predicted octanol–water partition coefficient (Wildman–Crippen LogP) is 2.21. The van der Waals surface area contributed by atoms with Gasteiger partial charge in [0, 0.05) is 0 Å². The molecule has 0 aromatic heterocycles. The molecule has 3 aliphatic carbocycles. The van der Waals surface area contributed by atoms with E-state index in [-0.39, 0.29) is 5.82 Å². The molecular formula is C12H14FN. The van der Waals surface area contributed by atoms with Gasteiger partial charge in [-0.05, 0) is 54.3 Å². The SMILES string of the molecule is NCC12CC(c3ccc(F)cc3)(C1)C2. The predicted molar refractivity (Wildman–Crippen MR) is 53.4 cm³/mol. The normalized spacial score (nSPS) is 38.7. The Kier molecular flexibility index (Phi) is 1.43. The smallest absolute Gasteiger partial charge is 0.123 e. The fourth-order valence-electron chi connectivity index (χ4n) is 3.32. The van der Waals surface area contributed by atoms with E-state index >= 15 is 0 Å². The molecule has 0 amide bonds. The van der Waals surface area contributed by atoms with Gasteiger partial charge >= 0.3 is 0 Å². The Morgan fingerprint density at radius 2 is 1.71 bits per heavy atom. The zero-order valence-electron chi connectivity index (χ0n) is 8.09. The van der Waals surface area contributed by atoms with E-state index < -0.39 is 0 Å². The highest BCUT2D eigenvalue weighted by molar-refractivity contribution is 5.38. The van der Waals surface area contributed by atoms with Crippen LogP contribution in [0.15, 0.2) is 24.3 Å². The van der Waals surface area contributed by atoms with Gasteiger partial charge in [-0.15, -0.1) is 0 Å². The van der Waals surface area contributed by atoms with E-state index in [1.54, 1.807) is 12.1 Å². The molecule has 0 saturated heterocycles. The fourth-order valence-corrected chi connectivity index (χ4v) is 3.32. The van der Waals surface area contributed by atoms with Gasteiger partial charge in [0.15, 0.2) is 0 Å². The van der Waals surface area contributed by atoms with Crippen LogP contribution in [0.4, 0.5) is 4.39 Å². The largest absolute Gasteiger partial charge is 0.330 e. The molecule has 0 aliphatic heterocycles. The van der Waals surface area contributed by atoms with Crippen LogP contribution in [-0.2, 0) is 5.41 Å². The van der Waals surface area contributed by atoms with Crippen molar-refractivity contribution in [2.45, 2.75) is 24.7 Å². The third-order valence-corrected chi connectivity index (χ3v) is 4.03. The van der Waals surface area contributed by atoms with Gasteiger partial charge in [-0.2, -0.15) is 0 Å². The minimum atomic E-state index is -0.145. The van der Waals surface area contributed by atoms with Crippen LogP contribution in [0.3, 0.4) is 0 Å². The molecular weight excluding hydrogens is 177 g/mol. The molecule has 3 fully saturated rings. The van der Waals surface area contributed by atoms with Gasteiger partial charge < -0.3 is 5.73 Å². The van der Waals surface area contributed by atoms with Gasteiger partial charge in [0.2, 0.25) is 0 Å². The third-order valence-electron chi connectivity index (χ3n) is 4.03. The van der Waals surface area contributed by atoms with Crippen molar-refractivity contribution in [3.05, 3.63) is 35.6 Å². The van der Waals surface area contributed by atoms with Crippen molar-refractivity contribution in [1.29, 1.82) is 0 Å². The molecule has 74 valence electrons. The van der Waals surface area contributed by atoms with Crippen LogP contribution in [0.1, 0.15) is 24.8 Å². The highest BCUT2D eigenvalue weighted by Gasteiger charge is 2.67. The summed E-state index contributed by atoms with van der Waals surface area (Å²) in [5.74, 6) is -0.145. The van der Waals surface area contributed by atoms with Crippen LogP contribution in [0.5, 0.6) is 0 Å². The van der Waals surface area contributed by atoms with E-state index in [2.05, 4.69) is 0 Å². The highest BCUT2D eigenvalue weighted by atomic mass is 19.1. The van der Waals surface area contributed by atoms with E-state index in [0.717, 1.165) is 6.54 Å². The van der Waals surface area contributed by atoms with Crippen molar-refractivity contribution < 1.29 is 4.39 Å². The summed E-state index contributed by atoms with van der Waals surface area (Å²) in [6.45, 7) is 0.815. The molecule has 0 radical (unpaired) electrons. The van der Waals surface area contributed by atoms with Gasteiger partial charge in [0.05, 0.1) is 0 Å². The summed E-state index contributed by atoms with van der Waals surface area (Å²) in [7, 11) is 0. The maximum absolute atomic E-state index is 12.7. The lowest BCUT2D eigenvalue weighted by molar-refractivity contribution is -0.132. The zero-order chi connectivity index (χ0) is 9.81. The molecule has 1 aromatic rings. The molecule has 0 unspecified atom stereocenters. The van der Waals surface area contributed by atoms with E-state index in [9.17, 15) is 4.39 Å². The molecule has 0 heterocycles. The quantitative estimate of drug-likeness (QED) is 0.762. The van der Waals surface area contributed by atoms with Crippen LogP contribution in [0, 0.1) is 11.2 Å². The maximum Gasteiger partial charge on any atom is 0.123 e. The number of benzene rings is 1. The summed E-state index contributed by atoms with van der Waals surface area (Å²) in [5.41, 5.74) is 7.83. The summed E-state index contributed by atoms with van der Waals surface area (Å²) in [4.78, 5) is 0. The van der Waals surface area contributed by atoms with Crippen molar-refractivity contribution in [1.82, 2.24) is 0 Å². The Balaban J connectivity index is 1.84. The van der Waals surface area contributed by atoms with Crippen LogP contribution < -0.4 is 5.73 Å². The summed E-state index contributed by atoms with van der Waals surface area (Å²) in [6.07, 6.45) is 3.63. The second-order valence-electron chi connectivity index (χ2n) is 5.02. The van der Waals surface area contributed by atoms with Crippen molar-refractivity contribution in [2.24, 2.45) is 11.1 Å². The second kappa shape index (κ2) is 2.37. The van der Waals surface area contributed by atoms with Crippen LogP contribution in [0.25, 0.3) is 0 Å². The van der Waals surface area contributed by atoms with Crippen molar-refractivity contribution in [2.75, 3.05) is 6.54 Å². The van der Waals surface area contributed by atoms with Gasteiger partial charge in [0.25, 0.3) is 0 Å². The molecule has 1 aromatic carbocycles. The summed E-state index contributed by atoms with van der Waals surface area (Å²) >= 11 is 0. The van der Waals surface area contributed by atoms with Crippen molar-refractivity contribution >= 4 is 0 Å². The molecule has 14 heavy (non-hydrogen) atoms. The lowest BCUT2D eigenvalue weighted by Gasteiger charge is -2.71. The summed E-state index contributed by atoms with van der Waals surface area (Å²) in [5, 5.41) is 0. The lowest BCUT2D eigenvalue weighted by atomic mass is 9.33. The van der Waals surface area contributed by atoms with E-state index in [4.69, 9.17) is 5.73 Å². The zero-order valence-corrected chi connectivity index (χ0v) is 8.09. The van der Waals surface area contributed by atoms with Crippen LogP contribution >= 0.6 is 0 Å². The molecule has 3 saturated carbocycles. The third kappa shape index (κ3) is 0.871. The number of nitrogens with two attached hydrogens (primary N) is 1. The Bertz CT molecular complexity index is 349. The van der Waals surface area contributed by atoms with E-state index in [1.807, 2.05) is 12.1 Å². The minimum absolute atomic E-state index is 0.145. The van der Waals surface area contributed by atoms with Gasteiger partial charge in [0.1, 0.15) is 5.82 Å². The Labute approximate surface area is 83.1 Å². The average Bonchev–Trinajstić information content (AvgIpc) is 2.04. The van der Waals surface area contributed by atoms with Gasteiger partial charge in [-0.25, -0.2) is 4.39 Å². The Hall–Kier alpha value is -0.890. The molecule has 3 aliphatic rings. The average molecular weight is 191 g/mol. The topological polar surface area (TPSA) is 26.0 Å². The lowest BCUT2D eigenvalue weighted by Crippen LogP contribution is -2.67. The molecule has 2 heteroatoms. The first-order valence-corrected chi connectivity index (χ1v) is 5.14. The van der Waals surface area contributed by atoms with Gasteiger partial charge in [-0.1, -0.05) is 12.1 Å². The van der Waals surface area contributed by atoms with Crippen LogP contribution in [-0.4, -0.2) is 6.54 Å². The number of rotatable bonds is 2. The first-order chi connectivity index (χ1) is 6.68. The van der Waals surface area contributed by atoms with Crippen molar-refractivity contribution in [3.63, 3.8) is 0 Å². The Morgan fingerprint density at radius 1 is 1.14 bits per heavy atom. The fraction of sp³-hybridized carbons (Fsp3) is 0.500. The minimum Gasteiger partial charge on any atom is -0.330 e. The number of hydrogen-bond donors (Lipinski definition) is 1. The molecule has 4 rings (SSSR count). The monoisotopic (exact) mass is 191 g/mol. The summed E-state index contributed by atoms with van der Waals surface area (Å²) in [6, 6.07) is 6.97. The molecule has 0 atom stereocenters.